The fourth-order valence-corrected chi connectivity index (χ4v) is 4.95. The molecule has 2 saturated heterocycles. The SMILES string of the molecule is CC(=NC(=O)OCc1ccc([N+](=O)[O-])cc1)N1CCCN(C(=O)C2CCCN2C(=O)OCc2ccc([N+](=O)[O-])cc2)CC1. The van der Waals surface area contributed by atoms with Crippen molar-refractivity contribution in [1.82, 2.24) is 14.7 Å². The smallest absolute Gasteiger partial charge is 0.435 e. The lowest BCUT2D eigenvalue weighted by atomic mass is 10.2. The Morgan fingerprint density at radius 2 is 1.33 bits per heavy atom. The molecule has 0 aromatic heterocycles. The van der Waals surface area contributed by atoms with E-state index in [2.05, 4.69) is 4.99 Å². The lowest BCUT2D eigenvalue weighted by Gasteiger charge is -2.29. The molecule has 2 aliphatic heterocycles. The predicted molar refractivity (Wildman–Crippen MR) is 152 cm³/mol. The summed E-state index contributed by atoms with van der Waals surface area (Å²) in [5.74, 6) is 0.282. The summed E-state index contributed by atoms with van der Waals surface area (Å²) in [4.78, 5) is 68.2. The second-order valence-corrected chi connectivity index (χ2v) is 10.1. The number of nitro groups is 2. The quantitative estimate of drug-likeness (QED) is 0.197. The minimum atomic E-state index is -0.790. The molecule has 43 heavy (non-hydrogen) atoms. The first-order valence-corrected chi connectivity index (χ1v) is 13.8. The number of carbonyl (C=O) groups is 3. The van der Waals surface area contributed by atoms with Crippen LogP contribution in [0.25, 0.3) is 0 Å². The van der Waals surface area contributed by atoms with Crippen LogP contribution >= 0.6 is 0 Å². The number of non-ortho nitro benzene ring substituents is 2. The number of rotatable bonds is 7. The van der Waals surface area contributed by atoms with Crippen LogP contribution in [0.4, 0.5) is 21.0 Å². The Balaban J connectivity index is 1.26. The van der Waals surface area contributed by atoms with E-state index in [0.717, 1.165) is 0 Å². The fraction of sp³-hybridized carbons (Fsp3) is 0.429. The monoisotopic (exact) mass is 596 g/mol. The number of amides is 3. The minimum Gasteiger partial charge on any atom is -0.445 e. The van der Waals surface area contributed by atoms with Crippen molar-refractivity contribution in [3.63, 3.8) is 0 Å². The van der Waals surface area contributed by atoms with Gasteiger partial charge in [-0.1, -0.05) is 0 Å². The van der Waals surface area contributed by atoms with E-state index in [-0.39, 0.29) is 30.5 Å². The van der Waals surface area contributed by atoms with Crippen molar-refractivity contribution < 1.29 is 33.7 Å². The summed E-state index contributed by atoms with van der Waals surface area (Å²) in [6.07, 6.45) is 0.416. The third-order valence-corrected chi connectivity index (χ3v) is 7.31. The molecular formula is C28H32N6O9. The number of ether oxygens (including phenoxy) is 2. The van der Waals surface area contributed by atoms with E-state index in [1.54, 1.807) is 11.8 Å². The van der Waals surface area contributed by atoms with Crippen molar-refractivity contribution in [2.45, 2.75) is 45.4 Å². The van der Waals surface area contributed by atoms with Gasteiger partial charge in [-0.2, -0.15) is 4.99 Å². The highest BCUT2D eigenvalue weighted by atomic mass is 16.6. The van der Waals surface area contributed by atoms with Crippen LogP contribution in [0.5, 0.6) is 0 Å². The maximum atomic E-state index is 13.4. The average Bonchev–Trinajstić information content (AvgIpc) is 3.36. The van der Waals surface area contributed by atoms with Gasteiger partial charge in [-0.05, 0) is 61.6 Å². The lowest BCUT2D eigenvalue weighted by molar-refractivity contribution is -0.385. The number of nitrogens with zero attached hydrogens (tertiary/aromatic N) is 6. The molecule has 228 valence electrons. The van der Waals surface area contributed by atoms with Crippen LogP contribution < -0.4 is 0 Å². The Morgan fingerprint density at radius 1 is 0.791 bits per heavy atom. The van der Waals surface area contributed by atoms with Crippen LogP contribution in [0, 0.1) is 20.2 Å². The van der Waals surface area contributed by atoms with Gasteiger partial charge in [0.1, 0.15) is 25.1 Å². The number of nitro benzene ring substituents is 2. The summed E-state index contributed by atoms with van der Waals surface area (Å²) in [7, 11) is 0. The first kappa shape index (κ1) is 30.9. The molecule has 4 rings (SSSR count). The number of hydrogen-bond donors (Lipinski definition) is 0. The minimum absolute atomic E-state index is 0.0575. The fourth-order valence-electron chi connectivity index (χ4n) is 4.95. The van der Waals surface area contributed by atoms with Gasteiger partial charge in [0.15, 0.2) is 0 Å². The van der Waals surface area contributed by atoms with Crippen molar-refractivity contribution in [2.75, 3.05) is 32.7 Å². The van der Waals surface area contributed by atoms with Crippen molar-refractivity contribution >= 4 is 35.3 Å². The summed E-state index contributed by atoms with van der Waals surface area (Å²) in [6.45, 7) is 3.80. The first-order chi connectivity index (χ1) is 20.6. The zero-order chi connectivity index (χ0) is 30.9. The van der Waals surface area contributed by atoms with Gasteiger partial charge in [-0.15, -0.1) is 0 Å². The topological polar surface area (TPSA) is 178 Å². The van der Waals surface area contributed by atoms with Gasteiger partial charge in [0.05, 0.1) is 9.85 Å². The Kier molecular flexibility index (Phi) is 10.2. The molecule has 2 aromatic carbocycles. The second-order valence-electron chi connectivity index (χ2n) is 10.1. The van der Waals surface area contributed by atoms with Gasteiger partial charge in [-0.3, -0.25) is 29.9 Å². The molecule has 0 saturated carbocycles. The Labute approximate surface area is 247 Å². The molecule has 1 atom stereocenters. The normalized spacial score (nSPS) is 17.3. The second kappa shape index (κ2) is 14.2. The van der Waals surface area contributed by atoms with Crippen LogP contribution in [0.3, 0.4) is 0 Å². The van der Waals surface area contributed by atoms with Gasteiger partial charge < -0.3 is 19.3 Å². The third-order valence-electron chi connectivity index (χ3n) is 7.31. The van der Waals surface area contributed by atoms with Gasteiger partial charge in [-0.25, -0.2) is 9.59 Å². The molecule has 2 fully saturated rings. The molecule has 2 heterocycles. The average molecular weight is 597 g/mol. The van der Waals surface area contributed by atoms with Crippen molar-refractivity contribution in [1.29, 1.82) is 0 Å². The number of likely N-dealkylation sites (tertiary alicyclic amines) is 1. The van der Waals surface area contributed by atoms with E-state index >= 15 is 0 Å². The molecule has 2 aromatic rings. The van der Waals surface area contributed by atoms with Crippen molar-refractivity contribution in [3.8, 4) is 0 Å². The van der Waals surface area contributed by atoms with Crippen LogP contribution in [-0.2, 0) is 27.5 Å². The lowest BCUT2D eigenvalue weighted by Crippen LogP contribution is -2.49. The molecule has 0 aliphatic carbocycles. The molecule has 0 bridgehead atoms. The number of hydrogen-bond acceptors (Lipinski definition) is 9. The highest BCUT2D eigenvalue weighted by Gasteiger charge is 2.38. The van der Waals surface area contributed by atoms with Crippen LogP contribution in [-0.4, -0.2) is 87.2 Å². The molecule has 15 heteroatoms. The van der Waals surface area contributed by atoms with Crippen LogP contribution in [0.15, 0.2) is 53.5 Å². The molecular weight excluding hydrogens is 564 g/mol. The number of aliphatic imine (C=N–C) groups is 1. The molecule has 0 radical (unpaired) electrons. The molecule has 0 N–H and O–H groups in total. The van der Waals surface area contributed by atoms with Gasteiger partial charge in [0.2, 0.25) is 5.91 Å². The maximum absolute atomic E-state index is 13.4. The summed E-state index contributed by atoms with van der Waals surface area (Å²) in [6, 6.07) is 10.8. The third kappa shape index (κ3) is 8.24. The Hall–Kier alpha value is -5.08. The number of benzene rings is 2. The standard InChI is InChI=1S/C28H32N6O9/c1-20(29-27(36)42-18-21-5-9-23(10-6-21)33(38)39)30-13-3-14-31(17-16-30)26(35)25-4-2-15-32(25)28(37)43-19-22-7-11-24(12-8-22)34(40)41/h5-12,25H,2-4,13-19H2,1H3. The Bertz CT molecular complexity index is 1380. The molecule has 15 nitrogen and oxygen atoms in total. The van der Waals surface area contributed by atoms with Gasteiger partial charge >= 0.3 is 12.2 Å². The van der Waals surface area contributed by atoms with Crippen molar-refractivity contribution in [3.05, 3.63) is 79.9 Å². The van der Waals surface area contributed by atoms with E-state index < -0.39 is 28.1 Å². The first-order valence-electron chi connectivity index (χ1n) is 13.8. The summed E-state index contributed by atoms with van der Waals surface area (Å²) in [5.41, 5.74) is 1.07. The molecule has 3 amide bonds. The molecule has 2 aliphatic rings. The van der Waals surface area contributed by atoms with E-state index in [9.17, 15) is 34.6 Å². The Morgan fingerprint density at radius 3 is 1.91 bits per heavy atom. The predicted octanol–water partition coefficient (Wildman–Crippen LogP) is 3.89. The number of carbonyl (C=O) groups excluding carboxylic acids is 3. The summed E-state index contributed by atoms with van der Waals surface area (Å²) >= 11 is 0. The summed E-state index contributed by atoms with van der Waals surface area (Å²) < 4.78 is 10.6. The van der Waals surface area contributed by atoms with E-state index in [1.165, 1.54) is 53.4 Å². The summed E-state index contributed by atoms with van der Waals surface area (Å²) in [5, 5.41) is 21.6. The van der Waals surface area contributed by atoms with Crippen LogP contribution in [0.1, 0.15) is 37.3 Å². The largest absolute Gasteiger partial charge is 0.445 e. The number of amidine groups is 1. The molecule has 0 spiro atoms. The maximum Gasteiger partial charge on any atom is 0.435 e. The highest BCUT2D eigenvalue weighted by molar-refractivity contribution is 5.90. The van der Waals surface area contributed by atoms with Gasteiger partial charge in [0, 0.05) is 57.0 Å². The van der Waals surface area contributed by atoms with E-state index in [4.69, 9.17) is 9.47 Å². The highest BCUT2D eigenvalue weighted by Crippen LogP contribution is 2.22. The van der Waals surface area contributed by atoms with Crippen molar-refractivity contribution in [2.24, 2.45) is 4.99 Å². The zero-order valence-electron chi connectivity index (χ0n) is 23.6. The molecule has 1 unspecified atom stereocenters. The van der Waals surface area contributed by atoms with E-state index in [1.807, 2.05) is 4.90 Å². The zero-order valence-corrected chi connectivity index (χ0v) is 23.6. The van der Waals surface area contributed by atoms with Crippen LogP contribution in [0.2, 0.25) is 0 Å². The van der Waals surface area contributed by atoms with Gasteiger partial charge in [0.25, 0.3) is 11.4 Å². The van der Waals surface area contributed by atoms with E-state index in [0.29, 0.717) is 68.9 Å².